The standard InChI is InChI=1S/C23H30F2N6O2/c24-23(25,12-17-2-1-8-27-14-17)13-19(20(32)28-9-7-26)29-21(33)31-15-22(16-31)5-10-30(11-6-22)18-3-4-18/h1-2,8,14,18-19H,3-6,9-13,15-16H2,(H,28,32)(H,29,33). The Morgan fingerprint density at radius 1 is 1.30 bits per heavy atom. The van der Waals surface area contributed by atoms with Gasteiger partial charge in [0.25, 0.3) is 5.92 Å². The second-order valence-corrected chi connectivity index (χ2v) is 9.60. The van der Waals surface area contributed by atoms with Crippen molar-refractivity contribution < 1.29 is 18.4 Å². The van der Waals surface area contributed by atoms with E-state index in [1.165, 1.54) is 31.3 Å². The Hall–Kier alpha value is -2.80. The van der Waals surface area contributed by atoms with Gasteiger partial charge in [0.15, 0.2) is 0 Å². The molecule has 0 radical (unpaired) electrons. The maximum absolute atomic E-state index is 14.7. The maximum Gasteiger partial charge on any atom is 0.318 e. The number of pyridine rings is 1. The number of nitriles is 1. The van der Waals surface area contributed by atoms with Crippen LogP contribution in [0.4, 0.5) is 13.6 Å². The van der Waals surface area contributed by atoms with Crippen LogP contribution >= 0.6 is 0 Å². The first-order valence-corrected chi connectivity index (χ1v) is 11.5. The third kappa shape index (κ3) is 5.96. The summed E-state index contributed by atoms with van der Waals surface area (Å²) in [7, 11) is 0. The number of urea groups is 1. The van der Waals surface area contributed by atoms with Crippen molar-refractivity contribution in [1.82, 2.24) is 25.4 Å². The number of likely N-dealkylation sites (tertiary alicyclic amines) is 2. The normalized spacial score (nSPS) is 21.1. The third-order valence-corrected chi connectivity index (χ3v) is 6.91. The molecule has 2 saturated heterocycles. The number of nitrogens with zero attached hydrogens (tertiary/aromatic N) is 4. The molecule has 1 saturated carbocycles. The summed E-state index contributed by atoms with van der Waals surface area (Å²) in [6, 6.07) is 3.65. The summed E-state index contributed by atoms with van der Waals surface area (Å²) in [5, 5.41) is 13.5. The fraction of sp³-hybridized carbons (Fsp3) is 0.652. The van der Waals surface area contributed by atoms with Gasteiger partial charge < -0.3 is 20.4 Å². The summed E-state index contributed by atoms with van der Waals surface area (Å²) in [5.74, 6) is -4.03. The number of hydrogen-bond donors (Lipinski definition) is 2. The van der Waals surface area contributed by atoms with Crippen molar-refractivity contribution in [3.8, 4) is 6.07 Å². The van der Waals surface area contributed by atoms with Gasteiger partial charge in [-0.1, -0.05) is 6.07 Å². The van der Waals surface area contributed by atoms with Crippen molar-refractivity contribution in [2.45, 2.75) is 56.5 Å². The summed E-state index contributed by atoms with van der Waals surface area (Å²) in [4.78, 5) is 33.2. The SMILES string of the molecule is N#CCNC(=O)C(CC(F)(F)Cc1cccnc1)NC(=O)N1CC2(CCN(C3CC3)CC2)C1. The predicted molar refractivity (Wildman–Crippen MR) is 116 cm³/mol. The molecule has 4 rings (SSSR count). The minimum atomic E-state index is -3.24. The monoisotopic (exact) mass is 460 g/mol. The summed E-state index contributed by atoms with van der Waals surface area (Å²) in [5.41, 5.74) is 0.443. The van der Waals surface area contributed by atoms with Gasteiger partial charge in [-0.3, -0.25) is 9.78 Å². The molecule has 33 heavy (non-hydrogen) atoms. The van der Waals surface area contributed by atoms with Crippen LogP contribution in [0.15, 0.2) is 24.5 Å². The number of carbonyl (C=O) groups is 2. The molecule has 1 aromatic heterocycles. The van der Waals surface area contributed by atoms with E-state index in [9.17, 15) is 18.4 Å². The number of carbonyl (C=O) groups excluding carboxylic acids is 2. The second-order valence-electron chi connectivity index (χ2n) is 9.60. The number of hydrogen-bond acceptors (Lipinski definition) is 5. The van der Waals surface area contributed by atoms with Gasteiger partial charge in [0, 0.05) is 49.8 Å². The molecule has 2 N–H and O–H groups in total. The molecule has 3 amide bonds. The molecule has 10 heteroatoms. The molecule has 1 unspecified atom stereocenters. The van der Waals surface area contributed by atoms with Crippen molar-refractivity contribution in [2.75, 3.05) is 32.7 Å². The summed E-state index contributed by atoms with van der Waals surface area (Å²) >= 11 is 0. The Kier molecular flexibility index (Phi) is 6.79. The van der Waals surface area contributed by atoms with E-state index in [-0.39, 0.29) is 12.0 Å². The molecule has 1 aliphatic carbocycles. The van der Waals surface area contributed by atoms with Crippen molar-refractivity contribution in [3.05, 3.63) is 30.1 Å². The summed E-state index contributed by atoms with van der Waals surface area (Å²) in [6.45, 7) is 2.93. The van der Waals surface area contributed by atoms with Crippen molar-refractivity contribution >= 4 is 11.9 Å². The van der Waals surface area contributed by atoms with E-state index in [1.807, 2.05) is 0 Å². The number of rotatable bonds is 8. The molecule has 3 aliphatic rings. The van der Waals surface area contributed by atoms with Gasteiger partial charge in [-0.25, -0.2) is 13.6 Å². The summed E-state index contributed by atoms with van der Waals surface area (Å²) < 4.78 is 29.5. The van der Waals surface area contributed by atoms with Gasteiger partial charge in [-0.2, -0.15) is 5.26 Å². The van der Waals surface area contributed by atoms with Crippen LogP contribution in [-0.4, -0.2) is 77.5 Å². The second kappa shape index (κ2) is 9.59. The zero-order valence-corrected chi connectivity index (χ0v) is 18.6. The Morgan fingerprint density at radius 3 is 2.64 bits per heavy atom. The number of halogens is 2. The van der Waals surface area contributed by atoms with E-state index >= 15 is 0 Å². The lowest BCUT2D eigenvalue weighted by atomic mass is 9.72. The van der Waals surface area contributed by atoms with Crippen molar-refractivity contribution in [2.24, 2.45) is 5.41 Å². The van der Waals surface area contributed by atoms with Crippen LogP contribution in [0.2, 0.25) is 0 Å². The molecule has 0 bridgehead atoms. The van der Waals surface area contributed by atoms with E-state index in [0.717, 1.165) is 32.0 Å². The topological polar surface area (TPSA) is 101 Å². The first-order valence-electron chi connectivity index (χ1n) is 11.5. The molecule has 3 heterocycles. The van der Waals surface area contributed by atoms with E-state index in [0.29, 0.717) is 18.7 Å². The van der Waals surface area contributed by atoms with Crippen LogP contribution in [0.1, 0.15) is 37.7 Å². The molecule has 2 aliphatic heterocycles. The molecule has 8 nitrogen and oxygen atoms in total. The van der Waals surface area contributed by atoms with Crippen LogP contribution < -0.4 is 10.6 Å². The number of aromatic nitrogens is 1. The highest BCUT2D eigenvalue weighted by atomic mass is 19.3. The van der Waals surface area contributed by atoms with Gasteiger partial charge in [-0.05, 0) is 50.4 Å². The average molecular weight is 461 g/mol. The number of amides is 3. The molecule has 1 spiro atoms. The van der Waals surface area contributed by atoms with Crippen LogP contribution in [0, 0.1) is 16.7 Å². The van der Waals surface area contributed by atoms with Gasteiger partial charge in [0.2, 0.25) is 5.91 Å². The average Bonchev–Trinajstić information content (AvgIpc) is 3.61. The zero-order valence-electron chi connectivity index (χ0n) is 18.6. The van der Waals surface area contributed by atoms with Crippen LogP contribution in [-0.2, 0) is 11.2 Å². The van der Waals surface area contributed by atoms with E-state index in [2.05, 4.69) is 20.5 Å². The number of alkyl halides is 2. The largest absolute Gasteiger partial charge is 0.341 e. The Morgan fingerprint density at radius 2 is 2.03 bits per heavy atom. The van der Waals surface area contributed by atoms with E-state index < -0.39 is 36.7 Å². The quantitative estimate of drug-likeness (QED) is 0.578. The predicted octanol–water partition coefficient (Wildman–Crippen LogP) is 1.93. The lowest BCUT2D eigenvalue weighted by Gasteiger charge is -2.54. The Bertz CT molecular complexity index is 886. The highest BCUT2D eigenvalue weighted by molar-refractivity contribution is 5.87. The van der Waals surface area contributed by atoms with Crippen LogP contribution in [0.25, 0.3) is 0 Å². The lowest BCUT2D eigenvalue weighted by Crippen LogP contribution is -2.65. The number of piperidine rings is 1. The minimum Gasteiger partial charge on any atom is -0.341 e. The highest BCUT2D eigenvalue weighted by Gasteiger charge is 2.48. The fourth-order valence-corrected chi connectivity index (χ4v) is 4.90. The molecule has 1 aromatic rings. The summed E-state index contributed by atoms with van der Waals surface area (Å²) in [6.07, 6.45) is 6.01. The third-order valence-electron chi connectivity index (χ3n) is 6.91. The van der Waals surface area contributed by atoms with Crippen LogP contribution in [0.5, 0.6) is 0 Å². The van der Waals surface area contributed by atoms with Gasteiger partial charge in [0.05, 0.1) is 6.07 Å². The molecule has 3 fully saturated rings. The van der Waals surface area contributed by atoms with Gasteiger partial charge in [0.1, 0.15) is 12.6 Å². The first kappa shape index (κ1) is 23.4. The molecular weight excluding hydrogens is 430 g/mol. The fourth-order valence-electron chi connectivity index (χ4n) is 4.90. The Labute approximate surface area is 192 Å². The van der Waals surface area contributed by atoms with Gasteiger partial charge >= 0.3 is 6.03 Å². The first-order chi connectivity index (χ1) is 15.8. The van der Waals surface area contributed by atoms with Crippen molar-refractivity contribution in [3.63, 3.8) is 0 Å². The molecule has 1 atom stereocenters. The smallest absolute Gasteiger partial charge is 0.318 e. The Balaban J connectivity index is 1.32. The van der Waals surface area contributed by atoms with Crippen molar-refractivity contribution in [1.29, 1.82) is 5.26 Å². The van der Waals surface area contributed by atoms with E-state index in [4.69, 9.17) is 5.26 Å². The highest BCUT2D eigenvalue weighted by Crippen LogP contribution is 2.42. The number of nitrogens with one attached hydrogen (secondary N) is 2. The lowest BCUT2D eigenvalue weighted by molar-refractivity contribution is -0.125. The zero-order chi connectivity index (χ0) is 23.5. The van der Waals surface area contributed by atoms with Gasteiger partial charge in [-0.15, -0.1) is 0 Å². The minimum absolute atomic E-state index is 0.103. The molecular formula is C23H30F2N6O2. The van der Waals surface area contributed by atoms with E-state index in [1.54, 1.807) is 17.0 Å². The molecule has 0 aromatic carbocycles. The maximum atomic E-state index is 14.7. The van der Waals surface area contributed by atoms with Crippen LogP contribution in [0.3, 0.4) is 0 Å². The molecule has 178 valence electrons.